The van der Waals surface area contributed by atoms with Crippen molar-refractivity contribution < 1.29 is 15.5 Å². The summed E-state index contributed by atoms with van der Waals surface area (Å²) in [6.45, 7) is -2.92. The van der Waals surface area contributed by atoms with Gasteiger partial charge in [-0.05, 0) is 0 Å². The van der Waals surface area contributed by atoms with E-state index >= 15 is 0 Å². The second-order valence-electron chi connectivity index (χ2n) is 0.417. The molecule has 0 amide bonds. The molecule has 3 heteroatoms. The van der Waals surface area contributed by atoms with Crippen LogP contribution < -0.4 is 5.72 Å². The molecule has 0 heterocycles. The highest BCUT2D eigenvalue weighted by Gasteiger charge is 1.81. The number of carboxylic acids is 1. The molecule has 0 rings (SSSR count). The van der Waals surface area contributed by atoms with Gasteiger partial charge in [0.15, 0.2) is 0 Å². The van der Waals surface area contributed by atoms with Crippen LogP contribution in [0.5, 0.6) is 0 Å². The monoisotopic (exact) mass is 83.1 g/mol. The van der Waals surface area contributed by atoms with Crippen molar-refractivity contribution in [2.75, 3.05) is 6.50 Å². The molecule has 0 aromatic heterocycles. The maximum absolute atomic E-state index is 9.81. The van der Waals surface area contributed by atoms with Crippen molar-refractivity contribution in [3.8, 4) is 0 Å². The zero-order chi connectivity index (χ0) is 7.65. The molecule has 0 aliphatic rings. The molecule has 3 nitrogen and oxygen atoms in total. The van der Waals surface area contributed by atoms with E-state index in [1.807, 2.05) is 0 Å². The molecular formula is C2H5NO2. The van der Waals surface area contributed by atoms with Gasteiger partial charge in [0, 0.05) is 0 Å². The topological polar surface area (TPSA) is 63.3 Å². The molecule has 0 fully saturated rings. The van der Waals surface area contributed by atoms with Gasteiger partial charge in [0.25, 0.3) is 0 Å². The number of aliphatic carboxylic acids is 1. The Bertz CT molecular complexity index is 124. The van der Waals surface area contributed by atoms with E-state index in [1.54, 1.807) is 0 Å². The number of carboxylic acid groups (broad SMARTS) is 1. The number of hydrogen-bond donors (Lipinski definition) is 2. The molecule has 5 heavy (non-hydrogen) atoms. The SMILES string of the molecule is [3H]N([3H])C([3H])([3H])C(=O)O. The molecule has 0 atom stereocenters. The third-order valence-electron chi connectivity index (χ3n) is 0.0956. The van der Waals surface area contributed by atoms with E-state index in [4.69, 9.17) is 10.7 Å². The minimum Gasteiger partial charge on any atom is -0.480 e. The maximum Gasteiger partial charge on any atom is 0.317 e. The highest BCUT2D eigenvalue weighted by Crippen LogP contribution is 1.43. The summed E-state index contributed by atoms with van der Waals surface area (Å²) in [7, 11) is 0. The van der Waals surface area contributed by atoms with Crippen LogP contribution in [0, 0.1) is 0 Å². The lowest BCUT2D eigenvalue weighted by Gasteiger charge is -1.73. The zero-order valence-electron chi connectivity index (χ0n) is 6.30. The summed E-state index contributed by atoms with van der Waals surface area (Å²) in [5.74, 6) is -1.84. The second kappa shape index (κ2) is 1.72. The standard InChI is InChI=1S/C2H5NO2/c3-1-2(4)5/h1,3H2,(H,4,5)/i1T2/hT2. The molecule has 0 aliphatic carbocycles. The molecule has 0 saturated carbocycles. The quantitative estimate of drug-likeness (QED) is 0.451. The summed E-state index contributed by atoms with van der Waals surface area (Å²) < 4.78 is 25.4. The lowest BCUT2D eigenvalue weighted by Crippen LogP contribution is -2.10. The van der Waals surface area contributed by atoms with Gasteiger partial charge in [0.1, 0.15) is 2.82 Å². The molecule has 0 aromatic carbocycles. The van der Waals surface area contributed by atoms with Crippen LogP contribution in [0.2, 0.25) is 2.82 Å². The van der Waals surface area contributed by atoms with Gasteiger partial charge >= 0.3 is 5.97 Å². The van der Waals surface area contributed by atoms with Gasteiger partial charge in [0.2, 0.25) is 0 Å². The molecule has 0 spiro atoms. The van der Waals surface area contributed by atoms with Crippen LogP contribution >= 0.6 is 0 Å². The third-order valence-corrected chi connectivity index (χ3v) is 0.0956. The highest BCUT2D eigenvalue weighted by molar-refractivity contribution is 5.68. The molecule has 0 aliphatic heterocycles. The summed E-state index contributed by atoms with van der Waals surface area (Å²) in [5, 5.41) is 7.96. The Morgan fingerprint density at radius 1 is 2.60 bits per heavy atom. The van der Waals surface area contributed by atoms with Crippen LogP contribution in [0.25, 0.3) is 0 Å². The van der Waals surface area contributed by atoms with E-state index in [9.17, 15) is 4.79 Å². The molecule has 30 valence electrons. The predicted molar refractivity (Wildman–Crippen MR) is 16.7 cm³/mol. The van der Waals surface area contributed by atoms with Crippen LogP contribution in [0.15, 0.2) is 0 Å². The largest absolute Gasteiger partial charge is 0.480 e. The zero-order valence-corrected chi connectivity index (χ0v) is 2.30. The fourth-order valence-corrected chi connectivity index (χ4v) is 0. The van der Waals surface area contributed by atoms with Gasteiger partial charge in [-0.15, -0.1) is 0 Å². The minimum atomic E-state index is -2.92. The molecular weight excluding hydrogens is 70.0 g/mol. The molecule has 0 saturated heterocycles. The van der Waals surface area contributed by atoms with Gasteiger partial charge in [0.05, 0.1) is 9.24 Å². The van der Waals surface area contributed by atoms with Gasteiger partial charge in [-0.2, -0.15) is 0 Å². The number of rotatable bonds is 2. The Morgan fingerprint density at radius 3 is 3.20 bits per heavy atom. The first-order valence-electron chi connectivity index (χ1n) is 2.80. The summed E-state index contributed by atoms with van der Waals surface area (Å²) in [6.07, 6.45) is 0. The van der Waals surface area contributed by atoms with Crippen molar-refractivity contribution in [2.45, 2.75) is 0 Å². The summed E-state index contributed by atoms with van der Waals surface area (Å²) in [5.41, 5.74) is -0.505. The van der Waals surface area contributed by atoms with Crippen LogP contribution in [-0.4, -0.2) is 17.6 Å². The first-order chi connectivity index (χ1) is 3.89. The summed E-state index contributed by atoms with van der Waals surface area (Å²) >= 11 is 0. The normalized spacial score (nSPS) is 22.6. The van der Waals surface area contributed by atoms with Crippen LogP contribution in [-0.2, 0) is 4.79 Å². The maximum atomic E-state index is 9.81. The average molecular weight is 83.1 g/mol. The van der Waals surface area contributed by atoms with E-state index in [0.29, 0.717) is 0 Å². The van der Waals surface area contributed by atoms with E-state index < -0.39 is 18.2 Å². The van der Waals surface area contributed by atoms with E-state index in [1.165, 1.54) is 0 Å². The fraction of sp³-hybridized carbons (Fsp3) is 0.500. The second-order valence-corrected chi connectivity index (χ2v) is 0.417. The Morgan fingerprint density at radius 2 is 3.20 bits per heavy atom. The molecule has 0 bridgehead atoms. The van der Waals surface area contributed by atoms with E-state index in [-0.39, 0.29) is 0 Å². The number of hydrogen-bond acceptors (Lipinski definition) is 2. The number of carbonyl (C=O) groups is 1. The Hall–Kier alpha value is -0.570. The first kappa shape index (κ1) is 0.944. The van der Waals surface area contributed by atoms with Crippen molar-refractivity contribution in [1.82, 2.24) is 0 Å². The van der Waals surface area contributed by atoms with Crippen molar-refractivity contribution in [2.24, 2.45) is 5.72 Å². The lowest BCUT2D eigenvalue weighted by atomic mass is 10.7. The van der Waals surface area contributed by atoms with Crippen molar-refractivity contribution in [1.29, 1.82) is 0 Å². The smallest absolute Gasteiger partial charge is 0.317 e. The molecule has 0 unspecified atom stereocenters. The lowest BCUT2D eigenvalue weighted by molar-refractivity contribution is -0.135. The predicted octanol–water partition coefficient (Wildman–Crippen LogP) is -0.970. The Balaban J connectivity index is 4.19. The van der Waals surface area contributed by atoms with Crippen LogP contribution in [0.1, 0.15) is 2.74 Å². The Labute approximate surface area is 35.1 Å². The van der Waals surface area contributed by atoms with Gasteiger partial charge in [-0.3, -0.25) is 4.79 Å². The van der Waals surface area contributed by atoms with E-state index in [0.717, 1.165) is 0 Å². The van der Waals surface area contributed by atoms with Crippen molar-refractivity contribution >= 4 is 5.97 Å². The van der Waals surface area contributed by atoms with Crippen molar-refractivity contribution in [3.63, 3.8) is 0 Å². The summed E-state index contributed by atoms with van der Waals surface area (Å²) in [4.78, 5) is 9.81. The van der Waals surface area contributed by atoms with Gasteiger partial charge in [-0.25, -0.2) is 0 Å². The molecule has 0 aromatic rings. The van der Waals surface area contributed by atoms with Crippen LogP contribution in [0.4, 0.5) is 0 Å². The molecule has 0 radical (unpaired) electrons. The van der Waals surface area contributed by atoms with Crippen LogP contribution in [0.3, 0.4) is 0 Å². The third kappa shape index (κ3) is 3.43. The molecule has 3 N–H and O–H groups in total. The number of nitrogens with two attached hydrogens (primary N) is 1. The van der Waals surface area contributed by atoms with E-state index in [2.05, 4.69) is 0 Å². The van der Waals surface area contributed by atoms with Gasteiger partial charge in [-0.1, -0.05) is 0 Å². The first-order valence-corrected chi connectivity index (χ1v) is 0.901. The van der Waals surface area contributed by atoms with Gasteiger partial charge < -0.3 is 10.8 Å². The summed E-state index contributed by atoms with van der Waals surface area (Å²) in [6, 6.07) is 0. The average Bonchev–Trinajstić information content (AvgIpc) is 1.65. The minimum absolute atomic E-state index is 0.505. The fourth-order valence-electron chi connectivity index (χ4n) is 0. The highest BCUT2D eigenvalue weighted by atomic mass is 16.4. The van der Waals surface area contributed by atoms with Crippen molar-refractivity contribution in [3.05, 3.63) is 0 Å². The Kier molecular flexibility index (Phi) is 0.325.